The molecule has 3 N–H and O–H groups in total. The number of carbonyl (C=O) groups is 1. The van der Waals surface area contributed by atoms with Crippen LogP contribution in [0.1, 0.15) is 5.56 Å². The lowest BCUT2D eigenvalue weighted by Crippen LogP contribution is -2.77. The zero-order valence-electron chi connectivity index (χ0n) is 11.5. The summed E-state index contributed by atoms with van der Waals surface area (Å²) in [4.78, 5) is 11.8. The fraction of sp³-hybridized carbons (Fsp3) is 0.188. The summed E-state index contributed by atoms with van der Waals surface area (Å²) in [6.45, 7) is 0.839. The van der Waals surface area contributed by atoms with Crippen LogP contribution in [0.4, 0.5) is 5.69 Å². The maximum atomic E-state index is 11.8. The molecule has 20 heavy (non-hydrogen) atoms. The number of carbonyl (C=O) groups excluding carboxylic acids is 1. The Morgan fingerprint density at radius 1 is 1.10 bits per heavy atom. The van der Waals surface area contributed by atoms with Crippen molar-refractivity contribution in [1.29, 1.82) is 0 Å². The molecule has 0 fully saturated rings. The number of hydrogen-bond donors (Lipinski definition) is 2. The van der Waals surface area contributed by atoms with Gasteiger partial charge in [0.25, 0.3) is 5.91 Å². The van der Waals surface area contributed by atoms with Crippen LogP contribution in [0.2, 0.25) is 0 Å². The third-order valence-corrected chi connectivity index (χ3v) is 2.81. The number of rotatable bonds is 6. The first kappa shape index (κ1) is 14.1. The number of ether oxygens (including phenoxy) is 1. The van der Waals surface area contributed by atoms with E-state index < -0.39 is 0 Å². The number of nitrogens with two attached hydrogens (primary N) is 1. The van der Waals surface area contributed by atoms with Gasteiger partial charge in [-0.1, -0.05) is 30.3 Å². The Morgan fingerprint density at radius 3 is 2.55 bits per heavy atom. The molecule has 0 spiro atoms. The first-order valence-electron chi connectivity index (χ1n) is 6.63. The third kappa shape index (κ3) is 4.10. The predicted octanol–water partition coefficient (Wildman–Crippen LogP) is 1.40. The van der Waals surface area contributed by atoms with E-state index in [9.17, 15) is 4.79 Å². The lowest BCUT2D eigenvalue weighted by molar-refractivity contribution is -0.643. The Balaban J connectivity index is 1.90. The van der Waals surface area contributed by atoms with Gasteiger partial charge in [0.2, 0.25) is 0 Å². The molecule has 2 aromatic rings. The average Bonchev–Trinajstić information content (AvgIpc) is 2.48. The van der Waals surface area contributed by atoms with Crippen molar-refractivity contribution in [2.75, 3.05) is 19.0 Å². The van der Waals surface area contributed by atoms with Crippen LogP contribution in [0.25, 0.3) is 0 Å². The van der Waals surface area contributed by atoms with E-state index >= 15 is 0 Å². The van der Waals surface area contributed by atoms with Gasteiger partial charge in [-0.05, 0) is 24.3 Å². The monoisotopic (exact) mass is 271 g/mol. The van der Waals surface area contributed by atoms with E-state index in [4.69, 9.17) is 4.74 Å². The highest BCUT2D eigenvalue weighted by atomic mass is 16.5. The van der Waals surface area contributed by atoms with E-state index in [0.29, 0.717) is 0 Å². The smallest absolute Gasteiger partial charge is 0.262 e. The van der Waals surface area contributed by atoms with Crippen LogP contribution in [0.5, 0.6) is 5.75 Å². The number of amides is 1. The summed E-state index contributed by atoms with van der Waals surface area (Å²) in [5.41, 5.74) is 1.86. The van der Waals surface area contributed by atoms with Crippen molar-refractivity contribution >= 4 is 11.6 Å². The van der Waals surface area contributed by atoms with Gasteiger partial charge in [-0.2, -0.15) is 0 Å². The van der Waals surface area contributed by atoms with Crippen molar-refractivity contribution in [2.45, 2.75) is 6.54 Å². The predicted molar refractivity (Wildman–Crippen MR) is 78.6 cm³/mol. The molecule has 0 unspecified atom stereocenters. The maximum absolute atomic E-state index is 11.8. The van der Waals surface area contributed by atoms with E-state index in [-0.39, 0.29) is 12.5 Å². The summed E-state index contributed by atoms with van der Waals surface area (Å²) in [6, 6.07) is 17.1. The molecule has 104 valence electrons. The molecule has 4 heteroatoms. The quantitative estimate of drug-likeness (QED) is 0.834. The first-order chi connectivity index (χ1) is 9.79. The first-order valence-corrected chi connectivity index (χ1v) is 6.63. The standard InChI is InChI=1S/C16H18N2O2/c1-17-11-13-7-5-6-10-15(13)20-12-16(19)18-14-8-3-2-4-9-14/h2-10,17H,11-12H2,1H3,(H,18,19)/p+1. The van der Waals surface area contributed by atoms with Crippen molar-refractivity contribution in [1.82, 2.24) is 0 Å². The molecule has 0 atom stereocenters. The maximum Gasteiger partial charge on any atom is 0.262 e. The van der Waals surface area contributed by atoms with Gasteiger partial charge in [-0.3, -0.25) is 4.79 Å². The van der Waals surface area contributed by atoms with Gasteiger partial charge in [-0.15, -0.1) is 0 Å². The molecule has 0 bridgehead atoms. The second kappa shape index (κ2) is 7.31. The van der Waals surface area contributed by atoms with Crippen LogP contribution in [-0.4, -0.2) is 19.6 Å². The highest BCUT2D eigenvalue weighted by molar-refractivity contribution is 5.91. The second-order valence-electron chi connectivity index (χ2n) is 4.42. The number of nitrogens with one attached hydrogen (secondary N) is 1. The van der Waals surface area contributed by atoms with Gasteiger partial charge >= 0.3 is 0 Å². The van der Waals surface area contributed by atoms with Crippen molar-refractivity contribution in [3.05, 3.63) is 60.2 Å². The highest BCUT2D eigenvalue weighted by Crippen LogP contribution is 2.16. The van der Waals surface area contributed by atoms with E-state index in [1.807, 2.05) is 61.6 Å². The molecule has 4 nitrogen and oxygen atoms in total. The summed E-state index contributed by atoms with van der Waals surface area (Å²) in [6.07, 6.45) is 0. The van der Waals surface area contributed by atoms with E-state index in [2.05, 4.69) is 10.6 Å². The van der Waals surface area contributed by atoms with Gasteiger partial charge < -0.3 is 15.4 Å². The topological polar surface area (TPSA) is 54.9 Å². The fourth-order valence-electron chi connectivity index (χ4n) is 1.90. The molecule has 0 aliphatic rings. The van der Waals surface area contributed by atoms with Crippen LogP contribution in [0, 0.1) is 0 Å². The minimum atomic E-state index is -0.161. The number of hydrogen-bond acceptors (Lipinski definition) is 2. The van der Waals surface area contributed by atoms with Gasteiger partial charge in [0, 0.05) is 11.3 Å². The Labute approximate surface area is 118 Å². The largest absolute Gasteiger partial charge is 0.483 e. The van der Waals surface area contributed by atoms with Crippen molar-refractivity contribution < 1.29 is 14.8 Å². The normalized spacial score (nSPS) is 10.1. The zero-order valence-corrected chi connectivity index (χ0v) is 11.5. The lowest BCUT2D eigenvalue weighted by atomic mass is 10.2. The minimum absolute atomic E-state index is 0.00955. The number of para-hydroxylation sites is 2. The van der Waals surface area contributed by atoms with Crippen molar-refractivity contribution in [2.24, 2.45) is 0 Å². The Morgan fingerprint density at radius 2 is 1.80 bits per heavy atom. The summed E-state index contributed by atoms with van der Waals surface area (Å²) in [5.74, 6) is 0.597. The third-order valence-electron chi connectivity index (χ3n) is 2.81. The van der Waals surface area contributed by atoms with Crippen LogP contribution < -0.4 is 15.4 Å². The van der Waals surface area contributed by atoms with Crippen molar-refractivity contribution in [3.8, 4) is 5.75 Å². The van der Waals surface area contributed by atoms with Gasteiger partial charge in [0.05, 0.1) is 7.05 Å². The summed E-state index contributed by atoms with van der Waals surface area (Å²) < 4.78 is 5.59. The Bertz CT molecular complexity index is 555. The van der Waals surface area contributed by atoms with Gasteiger partial charge in [-0.25, -0.2) is 0 Å². The molecule has 2 aromatic carbocycles. The molecular formula is C16H19N2O2+. The van der Waals surface area contributed by atoms with Crippen molar-refractivity contribution in [3.63, 3.8) is 0 Å². The molecule has 0 aromatic heterocycles. The summed E-state index contributed by atoms with van der Waals surface area (Å²) in [7, 11) is 2.00. The molecule has 2 rings (SSSR count). The van der Waals surface area contributed by atoms with E-state index in [1.165, 1.54) is 0 Å². The Kier molecular flexibility index (Phi) is 5.15. The number of quaternary nitrogens is 1. The molecule has 0 radical (unpaired) electrons. The summed E-state index contributed by atoms with van der Waals surface area (Å²) in [5, 5.41) is 4.85. The zero-order chi connectivity index (χ0) is 14.2. The molecule has 0 heterocycles. The molecule has 1 amide bonds. The second-order valence-corrected chi connectivity index (χ2v) is 4.42. The molecule has 0 aliphatic heterocycles. The van der Waals surface area contributed by atoms with Gasteiger partial charge in [0.1, 0.15) is 12.3 Å². The molecule has 0 aliphatic carbocycles. The van der Waals surface area contributed by atoms with Crippen LogP contribution in [-0.2, 0) is 11.3 Å². The number of anilines is 1. The van der Waals surface area contributed by atoms with Gasteiger partial charge in [0.15, 0.2) is 6.61 Å². The molecule has 0 saturated heterocycles. The lowest BCUT2D eigenvalue weighted by Gasteiger charge is -2.10. The van der Waals surface area contributed by atoms with Crippen LogP contribution >= 0.6 is 0 Å². The van der Waals surface area contributed by atoms with E-state index in [1.54, 1.807) is 0 Å². The molecular weight excluding hydrogens is 252 g/mol. The molecule has 0 saturated carbocycles. The SMILES string of the molecule is C[NH2+]Cc1ccccc1OCC(=O)Nc1ccccc1. The van der Waals surface area contributed by atoms with E-state index in [0.717, 1.165) is 23.5 Å². The van der Waals surface area contributed by atoms with Crippen LogP contribution in [0.3, 0.4) is 0 Å². The fourth-order valence-corrected chi connectivity index (χ4v) is 1.90. The average molecular weight is 271 g/mol. The minimum Gasteiger partial charge on any atom is -0.483 e. The summed E-state index contributed by atoms with van der Waals surface area (Å²) >= 11 is 0. The number of benzene rings is 2. The highest BCUT2D eigenvalue weighted by Gasteiger charge is 2.07. The van der Waals surface area contributed by atoms with Crippen LogP contribution in [0.15, 0.2) is 54.6 Å². The Hall–Kier alpha value is -2.33.